The van der Waals surface area contributed by atoms with Crippen LogP contribution < -0.4 is 26.8 Å². The number of amides is 2. The standard InChI is InChI=1S/C18H20ClN5O4/c1-10-12(17(27)23-18(28)21-10)3-5-15(25)22-11-2-4-14(13(19)8-11)24-7-6-20-16(26)9-24/h2,4,8H,3,5-7,9H2,1H3,(H,20,26)(H,22,25)(H2,21,23,27,28). The molecule has 1 aliphatic heterocycles. The number of rotatable bonds is 5. The van der Waals surface area contributed by atoms with Gasteiger partial charge in [0.1, 0.15) is 0 Å². The van der Waals surface area contributed by atoms with Crippen molar-refractivity contribution in [3.63, 3.8) is 0 Å². The van der Waals surface area contributed by atoms with Crippen molar-refractivity contribution in [2.24, 2.45) is 0 Å². The maximum Gasteiger partial charge on any atom is 0.325 e. The van der Waals surface area contributed by atoms with Gasteiger partial charge in [-0.1, -0.05) is 11.6 Å². The van der Waals surface area contributed by atoms with Crippen molar-refractivity contribution < 1.29 is 9.59 Å². The number of anilines is 2. The van der Waals surface area contributed by atoms with Crippen molar-refractivity contribution in [2.45, 2.75) is 19.8 Å². The minimum absolute atomic E-state index is 0.0627. The summed E-state index contributed by atoms with van der Waals surface area (Å²) in [5, 5.41) is 5.92. The zero-order chi connectivity index (χ0) is 20.3. The molecular weight excluding hydrogens is 386 g/mol. The summed E-state index contributed by atoms with van der Waals surface area (Å²) in [6, 6.07) is 5.09. The average molecular weight is 406 g/mol. The van der Waals surface area contributed by atoms with Gasteiger partial charge in [0, 0.05) is 36.5 Å². The number of hydrogen-bond acceptors (Lipinski definition) is 5. The van der Waals surface area contributed by atoms with E-state index < -0.39 is 11.2 Å². The highest BCUT2D eigenvalue weighted by molar-refractivity contribution is 6.33. The van der Waals surface area contributed by atoms with Gasteiger partial charge in [0.15, 0.2) is 0 Å². The first-order valence-corrected chi connectivity index (χ1v) is 9.14. The maximum absolute atomic E-state index is 12.2. The first-order chi connectivity index (χ1) is 13.3. The third-order valence-corrected chi connectivity index (χ3v) is 4.77. The van der Waals surface area contributed by atoms with Gasteiger partial charge in [0.2, 0.25) is 11.8 Å². The summed E-state index contributed by atoms with van der Waals surface area (Å²) < 4.78 is 0. The fourth-order valence-corrected chi connectivity index (χ4v) is 3.37. The van der Waals surface area contributed by atoms with Gasteiger partial charge in [0.25, 0.3) is 5.56 Å². The maximum atomic E-state index is 12.2. The summed E-state index contributed by atoms with van der Waals surface area (Å²) in [7, 11) is 0. The molecule has 10 heteroatoms. The van der Waals surface area contributed by atoms with Gasteiger partial charge in [-0.15, -0.1) is 0 Å². The Hall–Kier alpha value is -3.07. The molecule has 1 aliphatic rings. The van der Waals surface area contributed by atoms with Gasteiger partial charge in [-0.2, -0.15) is 0 Å². The van der Waals surface area contributed by atoms with Gasteiger partial charge >= 0.3 is 5.69 Å². The molecule has 0 aliphatic carbocycles. The number of aryl methyl sites for hydroxylation is 1. The molecule has 2 heterocycles. The number of nitrogens with one attached hydrogen (secondary N) is 4. The molecule has 1 fully saturated rings. The van der Waals surface area contributed by atoms with E-state index in [0.717, 1.165) is 5.69 Å². The average Bonchev–Trinajstić information content (AvgIpc) is 2.61. The van der Waals surface area contributed by atoms with Crippen molar-refractivity contribution >= 4 is 34.8 Å². The van der Waals surface area contributed by atoms with Crippen LogP contribution in [-0.4, -0.2) is 41.4 Å². The number of carbonyl (C=O) groups excluding carboxylic acids is 2. The first kappa shape index (κ1) is 19.7. The molecular formula is C18H20ClN5O4. The largest absolute Gasteiger partial charge is 0.359 e. The lowest BCUT2D eigenvalue weighted by Crippen LogP contribution is -2.47. The lowest BCUT2D eigenvalue weighted by Gasteiger charge is -2.29. The number of nitrogens with zero attached hydrogens (tertiary/aromatic N) is 1. The zero-order valence-corrected chi connectivity index (χ0v) is 16.0. The normalized spacial score (nSPS) is 13.9. The molecule has 0 unspecified atom stereocenters. The molecule has 0 radical (unpaired) electrons. The van der Waals surface area contributed by atoms with Crippen LogP contribution in [0.3, 0.4) is 0 Å². The molecule has 0 atom stereocenters. The number of halogens is 1. The molecule has 28 heavy (non-hydrogen) atoms. The molecule has 148 valence electrons. The van der Waals surface area contributed by atoms with Gasteiger partial charge in [-0.05, 0) is 31.5 Å². The van der Waals surface area contributed by atoms with Crippen molar-refractivity contribution in [2.75, 3.05) is 29.9 Å². The highest BCUT2D eigenvalue weighted by Crippen LogP contribution is 2.29. The van der Waals surface area contributed by atoms with Crippen molar-refractivity contribution in [1.29, 1.82) is 0 Å². The van der Waals surface area contributed by atoms with E-state index in [0.29, 0.717) is 35.1 Å². The summed E-state index contributed by atoms with van der Waals surface area (Å²) in [5.74, 6) is -0.349. The fourth-order valence-electron chi connectivity index (χ4n) is 3.07. The van der Waals surface area contributed by atoms with E-state index in [2.05, 4.69) is 20.6 Å². The smallest absolute Gasteiger partial charge is 0.325 e. The second-order valence-electron chi connectivity index (χ2n) is 6.50. The summed E-state index contributed by atoms with van der Waals surface area (Å²) in [6.45, 7) is 3.06. The quantitative estimate of drug-likeness (QED) is 0.577. The van der Waals surface area contributed by atoms with Crippen LogP contribution in [0.15, 0.2) is 27.8 Å². The van der Waals surface area contributed by atoms with E-state index >= 15 is 0 Å². The van der Waals surface area contributed by atoms with Crippen LogP contribution in [0.2, 0.25) is 5.02 Å². The Bertz CT molecular complexity index is 1030. The predicted molar refractivity (Wildman–Crippen MR) is 106 cm³/mol. The van der Waals surface area contributed by atoms with E-state index in [1.165, 1.54) is 0 Å². The van der Waals surface area contributed by atoms with Crippen LogP contribution >= 0.6 is 11.6 Å². The Labute approximate surface area is 165 Å². The van der Waals surface area contributed by atoms with Gasteiger partial charge in [-0.3, -0.25) is 19.4 Å². The lowest BCUT2D eigenvalue weighted by molar-refractivity contribution is -0.120. The number of hydrogen-bond donors (Lipinski definition) is 4. The van der Waals surface area contributed by atoms with E-state index in [4.69, 9.17) is 11.6 Å². The second kappa shape index (κ2) is 8.30. The third kappa shape index (κ3) is 4.61. The highest BCUT2D eigenvalue weighted by Gasteiger charge is 2.19. The van der Waals surface area contributed by atoms with Crippen LogP contribution in [0.5, 0.6) is 0 Å². The molecule has 1 aromatic carbocycles. The Balaban J connectivity index is 1.63. The SMILES string of the molecule is Cc1[nH]c(=O)[nH]c(=O)c1CCC(=O)Nc1ccc(N2CCNC(=O)C2)c(Cl)c1. The number of aromatic nitrogens is 2. The molecule has 2 aromatic rings. The topological polar surface area (TPSA) is 127 Å². The highest BCUT2D eigenvalue weighted by atomic mass is 35.5. The number of benzene rings is 1. The third-order valence-electron chi connectivity index (χ3n) is 4.47. The zero-order valence-electron chi connectivity index (χ0n) is 15.2. The fraction of sp³-hybridized carbons (Fsp3) is 0.333. The lowest BCUT2D eigenvalue weighted by atomic mass is 10.1. The van der Waals surface area contributed by atoms with Gasteiger partial charge in [0.05, 0.1) is 17.3 Å². The van der Waals surface area contributed by atoms with Crippen LogP contribution in [0, 0.1) is 6.92 Å². The van der Waals surface area contributed by atoms with Crippen LogP contribution in [-0.2, 0) is 16.0 Å². The summed E-state index contributed by atoms with van der Waals surface area (Å²) >= 11 is 6.32. The van der Waals surface area contributed by atoms with Crippen molar-refractivity contribution in [3.05, 3.63) is 55.3 Å². The molecule has 3 rings (SSSR count). The van der Waals surface area contributed by atoms with Crippen molar-refractivity contribution in [1.82, 2.24) is 15.3 Å². The Kier molecular flexibility index (Phi) is 5.84. The summed E-state index contributed by atoms with van der Waals surface area (Å²) in [6.07, 6.45) is 0.264. The Morgan fingerprint density at radius 3 is 2.71 bits per heavy atom. The molecule has 0 bridgehead atoms. The molecule has 1 aromatic heterocycles. The minimum atomic E-state index is -0.573. The van der Waals surface area contributed by atoms with Crippen LogP contribution in [0.1, 0.15) is 17.7 Å². The van der Waals surface area contributed by atoms with Crippen molar-refractivity contribution in [3.8, 4) is 0 Å². The molecule has 9 nitrogen and oxygen atoms in total. The molecule has 4 N–H and O–H groups in total. The number of carbonyl (C=O) groups is 2. The molecule has 0 spiro atoms. The summed E-state index contributed by atoms with van der Waals surface area (Å²) in [4.78, 5) is 53.3. The monoisotopic (exact) mass is 405 g/mol. The molecule has 2 amide bonds. The second-order valence-corrected chi connectivity index (χ2v) is 6.90. The summed E-state index contributed by atoms with van der Waals surface area (Å²) in [5.41, 5.74) is 0.992. The first-order valence-electron chi connectivity index (χ1n) is 8.76. The minimum Gasteiger partial charge on any atom is -0.359 e. The van der Waals surface area contributed by atoms with Crippen LogP contribution in [0.25, 0.3) is 0 Å². The van der Waals surface area contributed by atoms with E-state index in [-0.39, 0.29) is 31.2 Å². The predicted octanol–water partition coefficient (Wildman–Crippen LogP) is 0.533. The molecule has 0 saturated carbocycles. The van der Waals surface area contributed by atoms with E-state index in [9.17, 15) is 19.2 Å². The Morgan fingerprint density at radius 2 is 2.04 bits per heavy atom. The number of H-pyrrole nitrogens is 2. The number of aromatic amines is 2. The van der Waals surface area contributed by atoms with E-state index in [1.807, 2.05) is 4.90 Å². The van der Waals surface area contributed by atoms with E-state index in [1.54, 1.807) is 25.1 Å². The number of piperazine rings is 1. The van der Waals surface area contributed by atoms with Crippen LogP contribution in [0.4, 0.5) is 11.4 Å². The molecule has 1 saturated heterocycles. The van der Waals surface area contributed by atoms with Gasteiger partial charge in [-0.25, -0.2) is 4.79 Å². The van der Waals surface area contributed by atoms with Gasteiger partial charge < -0.3 is 20.5 Å². The Morgan fingerprint density at radius 1 is 1.25 bits per heavy atom.